The molecule has 0 aliphatic carbocycles. The van der Waals surface area contributed by atoms with Crippen molar-refractivity contribution in [1.29, 1.82) is 0 Å². The van der Waals surface area contributed by atoms with E-state index < -0.39 is 0 Å². The Morgan fingerprint density at radius 2 is 2.00 bits per heavy atom. The molecule has 0 saturated heterocycles. The number of rotatable bonds is 5. The molecule has 0 aliphatic rings. The van der Waals surface area contributed by atoms with Crippen molar-refractivity contribution in [3.8, 4) is 5.75 Å². The second-order valence-corrected chi connectivity index (χ2v) is 6.08. The van der Waals surface area contributed by atoms with Gasteiger partial charge in [0.2, 0.25) is 0 Å². The second-order valence-electron chi connectivity index (χ2n) is 5.17. The molecule has 2 aromatic rings. The molecule has 0 aliphatic heterocycles. The number of benzene rings is 1. The van der Waals surface area contributed by atoms with Crippen LogP contribution in [0.25, 0.3) is 0 Å². The van der Waals surface area contributed by atoms with Gasteiger partial charge < -0.3 is 10.1 Å². The van der Waals surface area contributed by atoms with Crippen LogP contribution in [0.1, 0.15) is 38.8 Å². The van der Waals surface area contributed by atoms with Crippen LogP contribution in [0.15, 0.2) is 23.6 Å². The number of amides is 1. The van der Waals surface area contributed by atoms with Crippen LogP contribution >= 0.6 is 11.3 Å². The van der Waals surface area contributed by atoms with Gasteiger partial charge >= 0.3 is 0 Å². The highest BCUT2D eigenvalue weighted by atomic mass is 32.1. The molecule has 1 amide bonds. The molecule has 0 atom stereocenters. The maximum absolute atomic E-state index is 11.7. The van der Waals surface area contributed by atoms with E-state index in [2.05, 4.69) is 38.2 Å². The summed E-state index contributed by atoms with van der Waals surface area (Å²) in [4.78, 5) is 12.5. The zero-order chi connectivity index (χ0) is 15.4. The first kappa shape index (κ1) is 15.6. The molecule has 1 heterocycles. The van der Waals surface area contributed by atoms with E-state index in [-0.39, 0.29) is 5.91 Å². The number of hydrogen-bond donors (Lipinski definition) is 1. The Morgan fingerprint density at radius 3 is 2.71 bits per heavy atom. The molecule has 0 saturated carbocycles. The SMILES string of the molecule is CCNC(=O)c1cc(COc2cc(C)cc(C)c2C)cs1. The number of aryl methyl sites for hydroxylation is 2. The van der Waals surface area contributed by atoms with Gasteiger partial charge in [0, 0.05) is 12.1 Å². The van der Waals surface area contributed by atoms with E-state index in [1.165, 1.54) is 28.0 Å². The molecule has 1 N–H and O–H groups in total. The van der Waals surface area contributed by atoms with E-state index in [0.717, 1.165) is 16.2 Å². The molecule has 4 heteroatoms. The lowest BCUT2D eigenvalue weighted by Gasteiger charge is -2.11. The average Bonchev–Trinajstić information content (AvgIpc) is 2.90. The summed E-state index contributed by atoms with van der Waals surface area (Å²) in [7, 11) is 0. The third kappa shape index (κ3) is 3.85. The summed E-state index contributed by atoms with van der Waals surface area (Å²) >= 11 is 1.45. The van der Waals surface area contributed by atoms with Gasteiger partial charge in [-0.05, 0) is 61.9 Å². The van der Waals surface area contributed by atoms with Gasteiger partial charge in [0.15, 0.2) is 0 Å². The molecule has 112 valence electrons. The quantitative estimate of drug-likeness (QED) is 0.906. The molecule has 0 spiro atoms. The van der Waals surface area contributed by atoms with Crippen LogP contribution in [-0.4, -0.2) is 12.5 Å². The molecule has 0 fully saturated rings. The van der Waals surface area contributed by atoms with Crippen molar-refractivity contribution in [1.82, 2.24) is 5.32 Å². The molecule has 2 rings (SSSR count). The Balaban J connectivity index is 2.05. The summed E-state index contributed by atoms with van der Waals surface area (Å²) in [5.74, 6) is 0.898. The highest BCUT2D eigenvalue weighted by Crippen LogP contribution is 2.25. The van der Waals surface area contributed by atoms with Crippen molar-refractivity contribution in [2.75, 3.05) is 6.54 Å². The molecule has 0 unspecified atom stereocenters. The Hall–Kier alpha value is -1.81. The second kappa shape index (κ2) is 6.76. The third-order valence-corrected chi connectivity index (χ3v) is 4.35. The van der Waals surface area contributed by atoms with Gasteiger partial charge in [-0.3, -0.25) is 4.79 Å². The zero-order valence-electron chi connectivity index (χ0n) is 12.9. The van der Waals surface area contributed by atoms with E-state index in [1.54, 1.807) is 0 Å². The number of carbonyl (C=O) groups excluding carboxylic acids is 1. The van der Waals surface area contributed by atoms with Crippen LogP contribution in [0.4, 0.5) is 0 Å². The lowest BCUT2D eigenvalue weighted by molar-refractivity contribution is 0.0960. The fourth-order valence-electron chi connectivity index (χ4n) is 2.13. The smallest absolute Gasteiger partial charge is 0.261 e. The Morgan fingerprint density at radius 1 is 1.24 bits per heavy atom. The molecule has 1 aromatic heterocycles. The fourth-order valence-corrected chi connectivity index (χ4v) is 2.94. The maximum Gasteiger partial charge on any atom is 0.261 e. The summed E-state index contributed by atoms with van der Waals surface area (Å²) in [5.41, 5.74) is 4.62. The van der Waals surface area contributed by atoms with E-state index >= 15 is 0 Å². The first-order valence-corrected chi connectivity index (χ1v) is 7.95. The lowest BCUT2D eigenvalue weighted by Crippen LogP contribution is -2.21. The fraction of sp³-hybridized carbons (Fsp3) is 0.353. The van der Waals surface area contributed by atoms with Gasteiger partial charge in [-0.2, -0.15) is 0 Å². The molecule has 0 bridgehead atoms. The summed E-state index contributed by atoms with van der Waals surface area (Å²) in [5, 5.41) is 4.78. The Bertz CT molecular complexity index is 646. The van der Waals surface area contributed by atoms with Crippen molar-refractivity contribution in [3.05, 3.63) is 50.7 Å². The van der Waals surface area contributed by atoms with Gasteiger partial charge in [-0.15, -0.1) is 11.3 Å². The van der Waals surface area contributed by atoms with Gasteiger partial charge in [-0.25, -0.2) is 0 Å². The third-order valence-electron chi connectivity index (χ3n) is 3.37. The Kier molecular flexibility index (Phi) is 5.02. The Labute approximate surface area is 130 Å². The van der Waals surface area contributed by atoms with Crippen molar-refractivity contribution >= 4 is 17.2 Å². The molecule has 1 aromatic carbocycles. The lowest BCUT2D eigenvalue weighted by atomic mass is 10.1. The van der Waals surface area contributed by atoms with Gasteiger partial charge in [0.05, 0.1) is 4.88 Å². The number of hydrogen-bond acceptors (Lipinski definition) is 3. The highest BCUT2D eigenvalue weighted by Gasteiger charge is 2.09. The largest absolute Gasteiger partial charge is 0.489 e. The maximum atomic E-state index is 11.7. The van der Waals surface area contributed by atoms with E-state index in [9.17, 15) is 4.79 Å². The van der Waals surface area contributed by atoms with Crippen LogP contribution in [0.3, 0.4) is 0 Å². The van der Waals surface area contributed by atoms with Crippen molar-refractivity contribution < 1.29 is 9.53 Å². The monoisotopic (exact) mass is 303 g/mol. The van der Waals surface area contributed by atoms with Crippen LogP contribution in [0.2, 0.25) is 0 Å². The highest BCUT2D eigenvalue weighted by molar-refractivity contribution is 7.12. The normalized spacial score (nSPS) is 10.5. The van der Waals surface area contributed by atoms with Crippen LogP contribution in [-0.2, 0) is 6.61 Å². The van der Waals surface area contributed by atoms with E-state index in [0.29, 0.717) is 13.2 Å². The van der Waals surface area contributed by atoms with Crippen LogP contribution in [0.5, 0.6) is 5.75 Å². The summed E-state index contributed by atoms with van der Waals surface area (Å²) in [6.07, 6.45) is 0. The van der Waals surface area contributed by atoms with Crippen molar-refractivity contribution in [2.24, 2.45) is 0 Å². The van der Waals surface area contributed by atoms with Gasteiger partial charge in [-0.1, -0.05) is 6.07 Å². The minimum Gasteiger partial charge on any atom is -0.489 e. The minimum absolute atomic E-state index is 0.0173. The molecule has 21 heavy (non-hydrogen) atoms. The topological polar surface area (TPSA) is 38.3 Å². The number of thiophene rings is 1. The molecular formula is C17H21NO2S. The first-order chi connectivity index (χ1) is 10.0. The number of ether oxygens (including phenoxy) is 1. The summed E-state index contributed by atoms with van der Waals surface area (Å²) < 4.78 is 5.91. The van der Waals surface area contributed by atoms with Crippen molar-refractivity contribution in [2.45, 2.75) is 34.3 Å². The van der Waals surface area contributed by atoms with E-state index in [4.69, 9.17) is 4.74 Å². The summed E-state index contributed by atoms with van der Waals surface area (Å²) in [6, 6.07) is 6.10. The van der Waals surface area contributed by atoms with Gasteiger partial charge in [0.1, 0.15) is 12.4 Å². The van der Waals surface area contributed by atoms with Crippen molar-refractivity contribution in [3.63, 3.8) is 0 Å². The number of nitrogens with one attached hydrogen (secondary N) is 1. The van der Waals surface area contributed by atoms with Crippen LogP contribution in [0, 0.1) is 20.8 Å². The minimum atomic E-state index is -0.0173. The van der Waals surface area contributed by atoms with E-state index in [1.807, 2.05) is 18.4 Å². The number of carbonyl (C=O) groups is 1. The predicted octanol–water partition coefficient (Wildman–Crippen LogP) is 4.00. The van der Waals surface area contributed by atoms with Gasteiger partial charge in [0.25, 0.3) is 5.91 Å². The molecule has 0 radical (unpaired) electrons. The standard InChI is InChI=1S/C17H21NO2S/c1-5-18-17(19)16-8-14(10-21-16)9-20-15-7-11(2)6-12(3)13(15)4/h6-8,10H,5,9H2,1-4H3,(H,18,19). The summed E-state index contributed by atoms with van der Waals surface area (Å²) in [6.45, 7) is 9.27. The molecular weight excluding hydrogens is 282 g/mol. The average molecular weight is 303 g/mol. The predicted molar refractivity (Wildman–Crippen MR) is 87.3 cm³/mol. The zero-order valence-corrected chi connectivity index (χ0v) is 13.8. The molecule has 3 nitrogen and oxygen atoms in total. The first-order valence-electron chi connectivity index (χ1n) is 7.07. The van der Waals surface area contributed by atoms with Crippen LogP contribution < -0.4 is 10.1 Å².